The van der Waals surface area contributed by atoms with Gasteiger partial charge >= 0.3 is 6.61 Å². The van der Waals surface area contributed by atoms with Gasteiger partial charge in [0.15, 0.2) is 0 Å². The van der Waals surface area contributed by atoms with Gasteiger partial charge in [-0.2, -0.15) is 8.78 Å². The third-order valence-corrected chi connectivity index (χ3v) is 1.93. The zero-order valence-corrected chi connectivity index (χ0v) is 7.81. The number of para-hydroxylation sites is 1. The summed E-state index contributed by atoms with van der Waals surface area (Å²) in [5.74, 6) is 0.358. The molecule has 0 aliphatic rings. The van der Waals surface area contributed by atoms with Crippen LogP contribution >= 0.6 is 11.6 Å². The van der Waals surface area contributed by atoms with Crippen molar-refractivity contribution in [1.82, 2.24) is 0 Å². The number of hydrogen-bond acceptors (Lipinski definition) is 1. The Morgan fingerprint density at radius 1 is 1.46 bits per heavy atom. The largest absolute Gasteiger partial charge is 0.434 e. The van der Waals surface area contributed by atoms with Gasteiger partial charge in [0.25, 0.3) is 0 Å². The molecular weight excluding hydrogens is 198 g/mol. The van der Waals surface area contributed by atoms with E-state index in [9.17, 15) is 8.78 Å². The van der Waals surface area contributed by atoms with Crippen LogP contribution in [0, 0.1) is 6.92 Å². The molecule has 1 rings (SSSR count). The predicted octanol–water partition coefficient (Wildman–Crippen LogP) is 3.34. The summed E-state index contributed by atoms with van der Waals surface area (Å²) in [4.78, 5) is 0. The number of benzene rings is 1. The van der Waals surface area contributed by atoms with Gasteiger partial charge in [-0.05, 0) is 12.5 Å². The van der Waals surface area contributed by atoms with Crippen LogP contribution in [0.5, 0.6) is 5.75 Å². The Morgan fingerprint density at radius 3 is 2.69 bits per heavy atom. The fourth-order valence-electron chi connectivity index (χ4n) is 1.08. The summed E-state index contributed by atoms with van der Waals surface area (Å²) in [5.41, 5.74) is 1.25. The van der Waals surface area contributed by atoms with Crippen molar-refractivity contribution >= 4 is 11.6 Å². The number of ether oxygens (including phenoxy) is 1. The molecule has 4 heteroatoms. The molecule has 1 aromatic carbocycles. The summed E-state index contributed by atoms with van der Waals surface area (Å²) in [7, 11) is 0. The first-order valence-corrected chi connectivity index (χ1v) is 4.28. The Bertz CT molecular complexity index is 289. The van der Waals surface area contributed by atoms with Gasteiger partial charge < -0.3 is 4.74 Å². The summed E-state index contributed by atoms with van der Waals surface area (Å²) in [6.07, 6.45) is 0. The van der Waals surface area contributed by atoms with Crippen molar-refractivity contribution in [2.45, 2.75) is 19.4 Å². The maximum absolute atomic E-state index is 12.0. The van der Waals surface area contributed by atoms with E-state index in [0.717, 1.165) is 0 Å². The van der Waals surface area contributed by atoms with E-state index in [1.807, 2.05) is 0 Å². The second kappa shape index (κ2) is 4.42. The van der Waals surface area contributed by atoms with Crippen LogP contribution in [0.25, 0.3) is 0 Å². The average molecular weight is 207 g/mol. The highest BCUT2D eigenvalue weighted by Crippen LogP contribution is 2.26. The molecule has 0 N–H and O–H groups in total. The molecule has 0 radical (unpaired) electrons. The highest BCUT2D eigenvalue weighted by molar-refractivity contribution is 6.17. The molecule has 0 unspecified atom stereocenters. The minimum atomic E-state index is -2.80. The van der Waals surface area contributed by atoms with Crippen LogP contribution in [0.2, 0.25) is 0 Å². The van der Waals surface area contributed by atoms with Crippen molar-refractivity contribution in [2.24, 2.45) is 0 Å². The summed E-state index contributed by atoms with van der Waals surface area (Å²) < 4.78 is 28.3. The van der Waals surface area contributed by atoms with Gasteiger partial charge in [0.2, 0.25) is 0 Å². The molecule has 72 valence electrons. The molecule has 0 atom stereocenters. The zero-order chi connectivity index (χ0) is 9.84. The molecule has 0 aromatic heterocycles. The van der Waals surface area contributed by atoms with E-state index in [0.29, 0.717) is 11.1 Å². The van der Waals surface area contributed by atoms with Crippen LogP contribution in [0.4, 0.5) is 8.78 Å². The molecule has 0 saturated heterocycles. The van der Waals surface area contributed by atoms with E-state index in [2.05, 4.69) is 4.74 Å². The SMILES string of the molecule is Cc1cccc(CCl)c1OC(F)F. The van der Waals surface area contributed by atoms with Crippen molar-refractivity contribution in [2.75, 3.05) is 0 Å². The Labute approximate surface area is 80.3 Å². The Hall–Kier alpha value is -0.830. The summed E-state index contributed by atoms with van der Waals surface area (Å²) in [5, 5.41) is 0. The molecular formula is C9H9ClF2O. The summed E-state index contributed by atoms with van der Waals surface area (Å²) in [6, 6.07) is 5.12. The van der Waals surface area contributed by atoms with Gasteiger partial charge in [-0.1, -0.05) is 18.2 Å². The number of halogens is 3. The Kier molecular flexibility index (Phi) is 3.48. The molecule has 0 bridgehead atoms. The van der Waals surface area contributed by atoms with Gasteiger partial charge in [-0.15, -0.1) is 11.6 Å². The molecule has 0 fully saturated rings. The smallest absolute Gasteiger partial charge is 0.387 e. The van der Waals surface area contributed by atoms with E-state index < -0.39 is 6.61 Å². The minimum Gasteiger partial charge on any atom is -0.434 e. The molecule has 1 aromatic rings. The third-order valence-electron chi connectivity index (χ3n) is 1.64. The van der Waals surface area contributed by atoms with Crippen molar-refractivity contribution < 1.29 is 13.5 Å². The standard InChI is InChI=1S/C9H9ClF2O/c1-6-3-2-4-7(5-10)8(6)13-9(11)12/h2-4,9H,5H2,1H3. The third kappa shape index (κ3) is 2.56. The Balaban J connectivity index is 3.00. The number of alkyl halides is 3. The van der Waals surface area contributed by atoms with Crippen LogP contribution < -0.4 is 4.74 Å². The molecule has 0 amide bonds. The summed E-state index contributed by atoms with van der Waals surface area (Å²) >= 11 is 5.56. The van der Waals surface area contributed by atoms with Crippen molar-refractivity contribution in [3.05, 3.63) is 29.3 Å². The number of aryl methyl sites for hydroxylation is 1. The molecule has 0 aliphatic carbocycles. The molecule has 0 heterocycles. The highest BCUT2D eigenvalue weighted by atomic mass is 35.5. The van der Waals surface area contributed by atoms with E-state index in [4.69, 9.17) is 11.6 Å². The second-order valence-corrected chi connectivity index (χ2v) is 2.84. The van der Waals surface area contributed by atoms with Crippen LogP contribution in [0.1, 0.15) is 11.1 Å². The second-order valence-electron chi connectivity index (χ2n) is 2.58. The zero-order valence-electron chi connectivity index (χ0n) is 7.06. The molecule has 0 spiro atoms. The van der Waals surface area contributed by atoms with Gasteiger partial charge in [0.1, 0.15) is 5.75 Å². The van der Waals surface area contributed by atoms with Gasteiger partial charge in [-0.3, -0.25) is 0 Å². The number of rotatable bonds is 3. The van der Waals surface area contributed by atoms with Crippen molar-refractivity contribution in [1.29, 1.82) is 0 Å². The number of hydrogen-bond donors (Lipinski definition) is 0. The van der Waals surface area contributed by atoms with E-state index in [-0.39, 0.29) is 11.6 Å². The topological polar surface area (TPSA) is 9.23 Å². The normalized spacial score (nSPS) is 10.5. The first kappa shape index (κ1) is 10.3. The van der Waals surface area contributed by atoms with E-state index in [1.165, 1.54) is 0 Å². The monoisotopic (exact) mass is 206 g/mol. The fraction of sp³-hybridized carbons (Fsp3) is 0.333. The fourth-order valence-corrected chi connectivity index (χ4v) is 1.29. The van der Waals surface area contributed by atoms with Crippen LogP contribution in [-0.4, -0.2) is 6.61 Å². The maximum Gasteiger partial charge on any atom is 0.387 e. The first-order chi connectivity index (χ1) is 6.15. The van der Waals surface area contributed by atoms with Crippen LogP contribution in [-0.2, 0) is 5.88 Å². The lowest BCUT2D eigenvalue weighted by atomic mass is 10.1. The van der Waals surface area contributed by atoms with Gasteiger partial charge in [0, 0.05) is 5.56 Å². The average Bonchev–Trinajstić information content (AvgIpc) is 2.08. The quantitative estimate of drug-likeness (QED) is 0.690. The Morgan fingerprint density at radius 2 is 2.15 bits per heavy atom. The summed E-state index contributed by atoms with van der Waals surface area (Å²) in [6.45, 7) is -1.10. The lowest BCUT2D eigenvalue weighted by Gasteiger charge is -2.11. The highest BCUT2D eigenvalue weighted by Gasteiger charge is 2.10. The molecule has 0 saturated carbocycles. The minimum absolute atomic E-state index is 0.170. The van der Waals surface area contributed by atoms with Gasteiger partial charge in [-0.25, -0.2) is 0 Å². The molecule has 0 aliphatic heterocycles. The lowest BCUT2D eigenvalue weighted by molar-refractivity contribution is -0.0507. The van der Waals surface area contributed by atoms with Crippen molar-refractivity contribution in [3.63, 3.8) is 0 Å². The van der Waals surface area contributed by atoms with Gasteiger partial charge in [0.05, 0.1) is 5.88 Å². The van der Waals surface area contributed by atoms with Crippen LogP contribution in [0.15, 0.2) is 18.2 Å². The lowest BCUT2D eigenvalue weighted by Crippen LogP contribution is -2.05. The maximum atomic E-state index is 12.0. The van der Waals surface area contributed by atoms with Crippen molar-refractivity contribution in [3.8, 4) is 5.75 Å². The van der Waals surface area contributed by atoms with Crippen LogP contribution in [0.3, 0.4) is 0 Å². The molecule has 1 nitrogen and oxygen atoms in total. The van der Waals surface area contributed by atoms with E-state index in [1.54, 1.807) is 25.1 Å². The molecule has 13 heavy (non-hydrogen) atoms. The first-order valence-electron chi connectivity index (χ1n) is 3.74. The van der Waals surface area contributed by atoms with E-state index >= 15 is 0 Å². The predicted molar refractivity (Wildman–Crippen MR) is 47.4 cm³/mol.